The summed E-state index contributed by atoms with van der Waals surface area (Å²) in [5, 5.41) is 0. The molecular weight excluding hydrogens is 186 g/mol. The molecule has 0 spiro atoms. The first kappa shape index (κ1) is 14.6. The van der Waals surface area contributed by atoms with Crippen molar-refractivity contribution in [2.24, 2.45) is 5.92 Å². The highest BCUT2D eigenvalue weighted by Crippen LogP contribution is 2.28. The van der Waals surface area contributed by atoms with Crippen molar-refractivity contribution in [2.45, 2.75) is 73.0 Å². The fourth-order valence-corrected chi connectivity index (χ4v) is 2.55. The van der Waals surface area contributed by atoms with Gasteiger partial charge in [-0.05, 0) is 33.6 Å². The SMILES string of the molecule is C.CC(C)C(=O)C1CCC(C)N1C(C)C. The normalized spacial score (nSPS) is 27.1. The van der Waals surface area contributed by atoms with Crippen molar-refractivity contribution in [1.82, 2.24) is 4.90 Å². The number of rotatable bonds is 3. The van der Waals surface area contributed by atoms with Crippen molar-refractivity contribution in [3.8, 4) is 0 Å². The van der Waals surface area contributed by atoms with Crippen LogP contribution in [-0.4, -0.2) is 28.8 Å². The summed E-state index contributed by atoms with van der Waals surface area (Å²) in [6.07, 6.45) is 2.22. The highest BCUT2D eigenvalue weighted by atomic mass is 16.1. The van der Waals surface area contributed by atoms with Gasteiger partial charge in [-0.25, -0.2) is 0 Å². The van der Waals surface area contributed by atoms with Crippen LogP contribution < -0.4 is 0 Å². The standard InChI is InChI=1S/C12H23NO.CH4/c1-8(2)12(14)11-7-6-10(5)13(11)9(3)4;/h8-11H,6-7H2,1-5H3;1H4. The molecule has 1 saturated heterocycles. The van der Waals surface area contributed by atoms with E-state index in [2.05, 4.69) is 25.7 Å². The number of nitrogens with zero attached hydrogens (tertiary/aromatic N) is 1. The van der Waals surface area contributed by atoms with E-state index >= 15 is 0 Å². The van der Waals surface area contributed by atoms with Crippen LogP contribution in [0.3, 0.4) is 0 Å². The molecule has 0 bridgehead atoms. The predicted octanol–water partition coefficient (Wildman–Crippen LogP) is 3.11. The van der Waals surface area contributed by atoms with Crippen LogP contribution in [0.5, 0.6) is 0 Å². The molecule has 1 fully saturated rings. The van der Waals surface area contributed by atoms with Crippen LogP contribution in [0.25, 0.3) is 0 Å². The number of hydrogen-bond acceptors (Lipinski definition) is 2. The van der Waals surface area contributed by atoms with Crippen LogP contribution in [0.15, 0.2) is 0 Å². The minimum atomic E-state index is 0. The molecule has 0 amide bonds. The van der Waals surface area contributed by atoms with E-state index in [-0.39, 0.29) is 19.4 Å². The molecule has 0 radical (unpaired) electrons. The smallest absolute Gasteiger partial charge is 0.152 e. The molecule has 1 rings (SSSR count). The molecule has 1 aliphatic heterocycles. The Balaban J connectivity index is 0.00000196. The molecule has 0 aliphatic carbocycles. The lowest BCUT2D eigenvalue weighted by atomic mass is 9.99. The number of hydrogen-bond donors (Lipinski definition) is 0. The Bertz CT molecular complexity index is 211. The van der Waals surface area contributed by atoms with Gasteiger partial charge in [0.25, 0.3) is 0 Å². The topological polar surface area (TPSA) is 20.3 Å². The Labute approximate surface area is 95.0 Å². The lowest BCUT2D eigenvalue weighted by Crippen LogP contribution is -2.45. The lowest BCUT2D eigenvalue weighted by molar-refractivity contribution is -0.127. The Morgan fingerprint density at radius 2 is 1.73 bits per heavy atom. The molecule has 0 aromatic rings. The van der Waals surface area contributed by atoms with Crippen LogP contribution in [0, 0.1) is 5.92 Å². The van der Waals surface area contributed by atoms with Gasteiger partial charge in [-0.1, -0.05) is 21.3 Å². The summed E-state index contributed by atoms with van der Waals surface area (Å²) in [5.41, 5.74) is 0. The minimum absolute atomic E-state index is 0. The maximum atomic E-state index is 12.0. The second kappa shape index (κ2) is 5.64. The van der Waals surface area contributed by atoms with Crippen molar-refractivity contribution in [3.05, 3.63) is 0 Å². The predicted molar refractivity (Wildman–Crippen MR) is 66.0 cm³/mol. The van der Waals surface area contributed by atoms with E-state index in [1.165, 1.54) is 6.42 Å². The first-order chi connectivity index (χ1) is 6.45. The molecule has 1 heterocycles. The first-order valence-electron chi connectivity index (χ1n) is 5.76. The highest BCUT2D eigenvalue weighted by Gasteiger charge is 2.37. The van der Waals surface area contributed by atoms with Gasteiger partial charge in [-0.2, -0.15) is 0 Å². The summed E-state index contributed by atoms with van der Waals surface area (Å²) in [4.78, 5) is 14.3. The maximum absolute atomic E-state index is 12.0. The maximum Gasteiger partial charge on any atom is 0.152 e. The molecular formula is C13H27NO. The molecule has 15 heavy (non-hydrogen) atoms. The Morgan fingerprint density at radius 1 is 1.20 bits per heavy atom. The van der Waals surface area contributed by atoms with Crippen LogP contribution in [0.4, 0.5) is 0 Å². The van der Waals surface area contributed by atoms with Crippen LogP contribution in [0.2, 0.25) is 0 Å². The first-order valence-corrected chi connectivity index (χ1v) is 5.76. The van der Waals surface area contributed by atoms with Gasteiger partial charge in [0.2, 0.25) is 0 Å². The molecule has 2 heteroatoms. The van der Waals surface area contributed by atoms with Crippen molar-refractivity contribution in [2.75, 3.05) is 0 Å². The fourth-order valence-electron chi connectivity index (χ4n) is 2.55. The highest BCUT2D eigenvalue weighted by molar-refractivity contribution is 5.86. The minimum Gasteiger partial charge on any atom is -0.298 e. The summed E-state index contributed by atoms with van der Waals surface area (Å²) in [7, 11) is 0. The second-order valence-corrected chi connectivity index (χ2v) is 5.04. The van der Waals surface area contributed by atoms with Crippen LogP contribution >= 0.6 is 0 Å². The second-order valence-electron chi connectivity index (χ2n) is 5.04. The van der Waals surface area contributed by atoms with Gasteiger partial charge < -0.3 is 0 Å². The van der Waals surface area contributed by atoms with E-state index in [1.54, 1.807) is 0 Å². The third-order valence-corrected chi connectivity index (χ3v) is 3.22. The quantitative estimate of drug-likeness (QED) is 0.718. The zero-order valence-electron chi connectivity index (χ0n) is 10.1. The molecule has 0 aromatic heterocycles. The number of carbonyl (C=O) groups is 1. The number of Topliss-reactive ketones (excluding diaryl/α,β-unsaturated/α-hetero) is 1. The largest absolute Gasteiger partial charge is 0.298 e. The van der Waals surface area contributed by atoms with Gasteiger partial charge >= 0.3 is 0 Å². The van der Waals surface area contributed by atoms with Crippen molar-refractivity contribution in [3.63, 3.8) is 0 Å². The van der Waals surface area contributed by atoms with Crippen molar-refractivity contribution >= 4 is 5.78 Å². The molecule has 0 saturated carbocycles. The van der Waals surface area contributed by atoms with E-state index in [9.17, 15) is 4.79 Å². The third kappa shape index (κ3) is 3.04. The fraction of sp³-hybridized carbons (Fsp3) is 0.923. The summed E-state index contributed by atoms with van der Waals surface area (Å²) in [5.74, 6) is 0.592. The van der Waals surface area contributed by atoms with Gasteiger partial charge in [-0.3, -0.25) is 9.69 Å². The molecule has 90 valence electrons. The van der Waals surface area contributed by atoms with E-state index in [4.69, 9.17) is 0 Å². The summed E-state index contributed by atoms with van der Waals surface area (Å²) < 4.78 is 0. The number of ketones is 1. The van der Waals surface area contributed by atoms with Gasteiger partial charge in [-0.15, -0.1) is 0 Å². The van der Waals surface area contributed by atoms with Gasteiger partial charge in [0.05, 0.1) is 6.04 Å². The number of likely N-dealkylation sites (tertiary alicyclic amines) is 1. The van der Waals surface area contributed by atoms with Gasteiger partial charge in [0.1, 0.15) is 0 Å². The third-order valence-electron chi connectivity index (χ3n) is 3.22. The van der Waals surface area contributed by atoms with E-state index < -0.39 is 0 Å². The van der Waals surface area contributed by atoms with E-state index in [0.717, 1.165) is 6.42 Å². The average molecular weight is 213 g/mol. The molecule has 2 unspecified atom stereocenters. The summed E-state index contributed by atoms with van der Waals surface area (Å²) in [6.45, 7) is 10.6. The average Bonchev–Trinajstić information content (AvgIpc) is 2.45. The Morgan fingerprint density at radius 3 is 2.13 bits per heavy atom. The van der Waals surface area contributed by atoms with E-state index in [0.29, 0.717) is 17.9 Å². The zero-order valence-corrected chi connectivity index (χ0v) is 10.1. The zero-order chi connectivity index (χ0) is 10.9. The van der Waals surface area contributed by atoms with Crippen LogP contribution in [-0.2, 0) is 4.79 Å². The molecule has 0 aromatic carbocycles. The lowest BCUT2D eigenvalue weighted by Gasteiger charge is -2.32. The van der Waals surface area contributed by atoms with Crippen LogP contribution in [0.1, 0.15) is 54.9 Å². The number of carbonyl (C=O) groups excluding carboxylic acids is 1. The van der Waals surface area contributed by atoms with Crippen molar-refractivity contribution < 1.29 is 4.79 Å². The Kier molecular flexibility index (Phi) is 5.50. The summed E-state index contributed by atoms with van der Waals surface area (Å²) >= 11 is 0. The van der Waals surface area contributed by atoms with Gasteiger partial charge in [0.15, 0.2) is 5.78 Å². The van der Waals surface area contributed by atoms with Gasteiger partial charge in [0, 0.05) is 18.0 Å². The van der Waals surface area contributed by atoms with Crippen molar-refractivity contribution in [1.29, 1.82) is 0 Å². The molecule has 1 aliphatic rings. The Hall–Kier alpha value is -0.370. The molecule has 0 N–H and O–H groups in total. The molecule has 2 atom stereocenters. The van der Waals surface area contributed by atoms with E-state index in [1.807, 2.05) is 13.8 Å². The molecule has 2 nitrogen and oxygen atoms in total. The summed E-state index contributed by atoms with van der Waals surface area (Å²) in [6, 6.07) is 1.24. The monoisotopic (exact) mass is 213 g/mol.